The van der Waals surface area contributed by atoms with Crippen LogP contribution in [-0.4, -0.2) is 23.3 Å². The van der Waals surface area contributed by atoms with Crippen molar-refractivity contribution in [1.29, 1.82) is 0 Å². The zero-order chi connectivity index (χ0) is 14.4. The molecule has 1 heterocycles. The lowest BCUT2D eigenvalue weighted by molar-refractivity contribution is 0.491. The van der Waals surface area contributed by atoms with Crippen LogP contribution < -0.4 is 5.32 Å². The van der Waals surface area contributed by atoms with Crippen molar-refractivity contribution in [3.05, 3.63) is 32.1 Å². The standard InChI is InChI=1S/C14H17BrIN3O/c1-2-7-17-8-3-4-13-18-19-14(20-13)11-9-10(16)5-6-12(11)15/h5-6,9,17H,2-4,7-8H2,1H3. The number of halogens is 2. The SMILES string of the molecule is CCCNCCCc1nnc(-c2cc(I)ccc2Br)o1. The first-order valence-electron chi connectivity index (χ1n) is 6.69. The average molecular weight is 450 g/mol. The predicted octanol–water partition coefficient (Wildman–Crippen LogP) is 4.04. The molecule has 0 radical (unpaired) electrons. The second kappa shape index (κ2) is 8.09. The fraction of sp³-hybridized carbons (Fsp3) is 0.429. The van der Waals surface area contributed by atoms with Gasteiger partial charge in [0.05, 0.1) is 5.56 Å². The number of nitrogens with zero attached hydrogens (tertiary/aromatic N) is 2. The third-order valence-electron chi connectivity index (χ3n) is 2.80. The Hall–Kier alpha value is -0.470. The minimum absolute atomic E-state index is 0.576. The lowest BCUT2D eigenvalue weighted by Gasteiger charge is -2.01. The third-order valence-corrected chi connectivity index (χ3v) is 4.16. The van der Waals surface area contributed by atoms with Crippen LogP contribution in [-0.2, 0) is 6.42 Å². The fourth-order valence-corrected chi connectivity index (χ4v) is 2.70. The quantitative estimate of drug-likeness (QED) is 0.512. The van der Waals surface area contributed by atoms with Gasteiger partial charge in [0, 0.05) is 14.5 Å². The molecule has 0 aliphatic rings. The molecule has 0 saturated carbocycles. The summed E-state index contributed by atoms with van der Waals surface area (Å²) in [5.41, 5.74) is 0.944. The van der Waals surface area contributed by atoms with Crippen molar-refractivity contribution in [2.45, 2.75) is 26.2 Å². The van der Waals surface area contributed by atoms with E-state index < -0.39 is 0 Å². The van der Waals surface area contributed by atoms with Gasteiger partial charge in [-0.05, 0) is 82.7 Å². The Morgan fingerprint density at radius 2 is 2.15 bits per heavy atom. The van der Waals surface area contributed by atoms with Crippen LogP contribution in [0.15, 0.2) is 27.1 Å². The summed E-state index contributed by atoms with van der Waals surface area (Å²) in [4.78, 5) is 0. The molecule has 0 atom stereocenters. The molecule has 6 heteroatoms. The van der Waals surface area contributed by atoms with Gasteiger partial charge in [-0.25, -0.2) is 0 Å². The maximum atomic E-state index is 5.73. The van der Waals surface area contributed by atoms with E-state index >= 15 is 0 Å². The molecule has 1 aromatic carbocycles. The van der Waals surface area contributed by atoms with Gasteiger partial charge in [0.2, 0.25) is 11.8 Å². The van der Waals surface area contributed by atoms with Gasteiger partial charge < -0.3 is 9.73 Å². The molecule has 2 rings (SSSR count). The Balaban J connectivity index is 1.96. The van der Waals surface area contributed by atoms with Crippen LogP contribution in [0.2, 0.25) is 0 Å². The molecule has 0 aliphatic heterocycles. The van der Waals surface area contributed by atoms with Crippen LogP contribution in [0.1, 0.15) is 25.7 Å². The second-order valence-corrected chi connectivity index (χ2v) is 6.58. The summed E-state index contributed by atoms with van der Waals surface area (Å²) in [6.07, 6.45) is 2.98. The second-order valence-electron chi connectivity index (χ2n) is 4.48. The summed E-state index contributed by atoms with van der Waals surface area (Å²) in [5.74, 6) is 1.27. The summed E-state index contributed by atoms with van der Waals surface area (Å²) in [6, 6.07) is 6.06. The van der Waals surface area contributed by atoms with Gasteiger partial charge in [-0.2, -0.15) is 0 Å². The molecule has 0 saturated heterocycles. The molecule has 1 aromatic heterocycles. The fourth-order valence-electron chi connectivity index (χ4n) is 1.79. The van der Waals surface area contributed by atoms with Gasteiger partial charge in [-0.1, -0.05) is 6.92 Å². The van der Waals surface area contributed by atoms with Crippen molar-refractivity contribution in [3.63, 3.8) is 0 Å². The first-order valence-corrected chi connectivity index (χ1v) is 8.56. The molecule has 0 spiro atoms. The summed E-state index contributed by atoms with van der Waals surface area (Å²) >= 11 is 5.79. The van der Waals surface area contributed by atoms with E-state index in [1.807, 2.05) is 18.2 Å². The number of rotatable bonds is 7. The van der Waals surface area contributed by atoms with Crippen molar-refractivity contribution in [1.82, 2.24) is 15.5 Å². The third kappa shape index (κ3) is 4.53. The van der Waals surface area contributed by atoms with Gasteiger partial charge in [0.15, 0.2) is 0 Å². The van der Waals surface area contributed by atoms with Gasteiger partial charge >= 0.3 is 0 Å². The van der Waals surface area contributed by atoms with Crippen LogP contribution in [0.25, 0.3) is 11.5 Å². The maximum Gasteiger partial charge on any atom is 0.248 e. The van der Waals surface area contributed by atoms with E-state index in [1.165, 1.54) is 0 Å². The molecule has 108 valence electrons. The lowest BCUT2D eigenvalue weighted by atomic mass is 10.2. The van der Waals surface area contributed by atoms with E-state index in [4.69, 9.17) is 4.42 Å². The average Bonchev–Trinajstić information content (AvgIpc) is 2.90. The van der Waals surface area contributed by atoms with E-state index in [2.05, 4.69) is 61.0 Å². The predicted molar refractivity (Wildman–Crippen MR) is 91.6 cm³/mol. The van der Waals surface area contributed by atoms with Crippen molar-refractivity contribution >= 4 is 38.5 Å². The monoisotopic (exact) mass is 449 g/mol. The maximum absolute atomic E-state index is 5.73. The molecule has 1 N–H and O–H groups in total. The number of hydrogen-bond acceptors (Lipinski definition) is 4. The summed E-state index contributed by atoms with van der Waals surface area (Å²) in [7, 11) is 0. The summed E-state index contributed by atoms with van der Waals surface area (Å²) < 4.78 is 7.84. The molecule has 0 bridgehead atoms. The van der Waals surface area contributed by atoms with Crippen molar-refractivity contribution in [3.8, 4) is 11.5 Å². The summed E-state index contributed by atoms with van der Waals surface area (Å²) in [6.45, 7) is 4.21. The molecule has 4 nitrogen and oxygen atoms in total. The number of benzene rings is 1. The Morgan fingerprint density at radius 1 is 1.30 bits per heavy atom. The lowest BCUT2D eigenvalue weighted by Crippen LogP contribution is -2.16. The zero-order valence-corrected chi connectivity index (χ0v) is 15.1. The topological polar surface area (TPSA) is 51.0 Å². The van der Waals surface area contributed by atoms with E-state index in [1.54, 1.807) is 0 Å². The Morgan fingerprint density at radius 3 is 2.95 bits per heavy atom. The van der Waals surface area contributed by atoms with Gasteiger partial charge in [0.25, 0.3) is 0 Å². The van der Waals surface area contributed by atoms with Crippen LogP contribution in [0, 0.1) is 3.57 Å². The van der Waals surface area contributed by atoms with Crippen LogP contribution in [0.4, 0.5) is 0 Å². The molecule has 0 amide bonds. The Labute approximate surface area is 141 Å². The molecule has 20 heavy (non-hydrogen) atoms. The van der Waals surface area contributed by atoms with E-state index in [9.17, 15) is 0 Å². The highest BCUT2D eigenvalue weighted by atomic mass is 127. The van der Waals surface area contributed by atoms with Crippen molar-refractivity contribution in [2.75, 3.05) is 13.1 Å². The van der Waals surface area contributed by atoms with Crippen LogP contribution in [0.5, 0.6) is 0 Å². The van der Waals surface area contributed by atoms with Crippen molar-refractivity contribution in [2.24, 2.45) is 0 Å². The normalized spacial score (nSPS) is 10.9. The van der Waals surface area contributed by atoms with Crippen molar-refractivity contribution < 1.29 is 4.42 Å². The number of nitrogens with one attached hydrogen (secondary N) is 1. The molecular weight excluding hydrogens is 433 g/mol. The highest BCUT2D eigenvalue weighted by molar-refractivity contribution is 14.1. The minimum Gasteiger partial charge on any atom is -0.421 e. The van der Waals surface area contributed by atoms with Crippen LogP contribution >= 0.6 is 38.5 Å². The smallest absolute Gasteiger partial charge is 0.248 e. The molecule has 0 fully saturated rings. The summed E-state index contributed by atoms with van der Waals surface area (Å²) in [5, 5.41) is 11.6. The first-order chi connectivity index (χ1) is 9.70. The van der Waals surface area contributed by atoms with E-state index in [0.29, 0.717) is 11.8 Å². The Bertz CT molecular complexity index is 559. The molecular formula is C14H17BrIN3O. The van der Waals surface area contributed by atoms with E-state index in [0.717, 1.165) is 46.0 Å². The first kappa shape index (κ1) is 15.9. The van der Waals surface area contributed by atoms with Gasteiger partial charge in [-0.3, -0.25) is 0 Å². The number of aryl methyl sites for hydroxylation is 1. The zero-order valence-electron chi connectivity index (χ0n) is 11.3. The highest BCUT2D eigenvalue weighted by Crippen LogP contribution is 2.28. The largest absolute Gasteiger partial charge is 0.421 e. The van der Waals surface area contributed by atoms with Gasteiger partial charge in [0.1, 0.15) is 0 Å². The Kier molecular flexibility index (Phi) is 6.44. The molecule has 2 aromatic rings. The number of hydrogen-bond donors (Lipinski definition) is 1. The molecule has 0 unspecified atom stereocenters. The molecule has 0 aliphatic carbocycles. The number of aromatic nitrogens is 2. The van der Waals surface area contributed by atoms with E-state index in [-0.39, 0.29) is 0 Å². The highest BCUT2D eigenvalue weighted by Gasteiger charge is 2.12. The van der Waals surface area contributed by atoms with Gasteiger partial charge in [-0.15, -0.1) is 10.2 Å². The van der Waals surface area contributed by atoms with Crippen LogP contribution in [0.3, 0.4) is 0 Å². The minimum atomic E-state index is 0.576.